The molecule has 2 aromatic rings. The Morgan fingerprint density at radius 3 is 2.12 bits per heavy atom. The molecular weight excluding hydrogens is 210 g/mol. The van der Waals surface area contributed by atoms with Crippen LogP contribution in [0.2, 0.25) is 0 Å². The first-order chi connectivity index (χ1) is 8.29. The molecule has 0 aromatic heterocycles. The van der Waals surface area contributed by atoms with Crippen molar-refractivity contribution in [2.24, 2.45) is 5.73 Å². The van der Waals surface area contributed by atoms with E-state index in [0.717, 1.165) is 24.0 Å². The number of hydrogen-bond donors (Lipinski definition) is 2. The van der Waals surface area contributed by atoms with Crippen molar-refractivity contribution in [3.8, 4) is 5.75 Å². The first kappa shape index (κ1) is 11.7. The summed E-state index contributed by atoms with van der Waals surface area (Å²) in [6.07, 6.45) is 1.79. The molecule has 0 bridgehead atoms. The summed E-state index contributed by atoms with van der Waals surface area (Å²) < 4.78 is 0. The van der Waals surface area contributed by atoms with Crippen molar-refractivity contribution in [1.82, 2.24) is 0 Å². The zero-order valence-electron chi connectivity index (χ0n) is 9.76. The van der Waals surface area contributed by atoms with E-state index in [1.807, 2.05) is 18.2 Å². The lowest BCUT2D eigenvalue weighted by Gasteiger charge is -2.05. The maximum absolute atomic E-state index is 9.65. The van der Waals surface area contributed by atoms with Gasteiger partial charge in [0.05, 0.1) is 0 Å². The first-order valence-electron chi connectivity index (χ1n) is 5.84. The zero-order chi connectivity index (χ0) is 12.1. The Balaban J connectivity index is 2.00. The average molecular weight is 227 g/mol. The van der Waals surface area contributed by atoms with Gasteiger partial charge in [-0.1, -0.05) is 42.5 Å². The molecule has 0 aliphatic heterocycles. The molecule has 0 spiro atoms. The minimum absolute atomic E-state index is 0.381. The van der Waals surface area contributed by atoms with Crippen molar-refractivity contribution >= 4 is 0 Å². The largest absolute Gasteiger partial charge is 0.508 e. The number of rotatable bonds is 4. The molecule has 0 aliphatic rings. The van der Waals surface area contributed by atoms with Gasteiger partial charge in [-0.05, 0) is 35.6 Å². The molecule has 0 atom stereocenters. The second-order valence-electron chi connectivity index (χ2n) is 4.15. The lowest BCUT2D eigenvalue weighted by molar-refractivity contribution is 0.468. The SMILES string of the molecule is NCc1ccc(CCc2ccccc2O)cc1. The van der Waals surface area contributed by atoms with E-state index in [-0.39, 0.29) is 0 Å². The number of benzene rings is 2. The fourth-order valence-corrected chi connectivity index (χ4v) is 1.84. The van der Waals surface area contributed by atoms with Gasteiger partial charge in [-0.2, -0.15) is 0 Å². The molecule has 0 heterocycles. The third kappa shape index (κ3) is 3.08. The van der Waals surface area contributed by atoms with Crippen LogP contribution in [0, 0.1) is 0 Å². The summed E-state index contributed by atoms with van der Waals surface area (Å²) in [5.74, 6) is 0.381. The molecule has 0 radical (unpaired) electrons. The second-order valence-corrected chi connectivity index (χ2v) is 4.15. The smallest absolute Gasteiger partial charge is 0.118 e. The van der Waals surface area contributed by atoms with Crippen molar-refractivity contribution in [1.29, 1.82) is 0 Å². The third-order valence-corrected chi connectivity index (χ3v) is 2.93. The number of phenolic OH excluding ortho intramolecular Hbond substituents is 1. The Morgan fingerprint density at radius 2 is 1.47 bits per heavy atom. The van der Waals surface area contributed by atoms with Crippen molar-refractivity contribution in [2.45, 2.75) is 19.4 Å². The summed E-state index contributed by atoms with van der Waals surface area (Å²) in [4.78, 5) is 0. The summed E-state index contributed by atoms with van der Waals surface area (Å²) in [5.41, 5.74) is 8.97. The first-order valence-corrected chi connectivity index (χ1v) is 5.84. The van der Waals surface area contributed by atoms with Crippen molar-refractivity contribution in [3.63, 3.8) is 0 Å². The predicted octanol–water partition coefficient (Wildman–Crippen LogP) is 2.64. The van der Waals surface area contributed by atoms with Gasteiger partial charge >= 0.3 is 0 Å². The van der Waals surface area contributed by atoms with Crippen LogP contribution in [0.1, 0.15) is 16.7 Å². The molecule has 0 fully saturated rings. The van der Waals surface area contributed by atoms with Gasteiger partial charge in [-0.3, -0.25) is 0 Å². The summed E-state index contributed by atoms with van der Waals surface area (Å²) in [6, 6.07) is 15.8. The minimum Gasteiger partial charge on any atom is -0.508 e. The van der Waals surface area contributed by atoms with Crippen molar-refractivity contribution in [3.05, 3.63) is 65.2 Å². The van der Waals surface area contributed by atoms with Crippen LogP contribution in [0.5, 0.6) is 5.75 Å². The molecular formula is C15H17NO. The van der Waals surface area contributed by atoms with Crippen LogP contribution < -0.4 is 5.73 Å². The number of aromatic hydroxyl groups is 1. The molecule has 0 saturated heterocycles. The van der Waals surface area contributed by atoms with Gasteiger partial charge in [-0.25, -0.2) is 0 Å². The van der Waals surface area contributed by atoms with E-state index < -0.39 is 0 Å². The van der Waals surface area contributed by atoms with Gasteiger partial charge in [0.2, 0.25) is 0 Å². The summed E-state index contributed by atoms with van der Waals surface area (Å²) in [7, 11) is 0. The summed E-state index contributed by atoms with van der Waals surface area (Å²) in [5, 5.41) is 9.65. The van der Waals surface area contributed by atoms with Gasteiger partial charge in [0.15, 0.2) is 0 Å². The summed E-state index contributed by atoms with van der Waals surface area (Å²) in [6.45, 7) is 0.583. The third-order valence-electron chi connectivity index (χ3n) is 2.93. The molecule has 0 saturated carbocycles. The fourth-order valence-electron chi connectivity index (χ4n) is 1.84. The van der Waals surface area contributed by atoms with Gasteiger partial charge in [0.25, 0.3) is 0 Å². The van der Waals surface area contributed by atoms with Crippen LogP contribution in [0.3, 0.4) is 0 Å². The van der Waals surface area contributed by atoms with Gasteiger partial charge in [-0.15, -0.1) is 0 Å². The monoisotopic (exact) mass is 227 g/mol. The van der Waals surface area contributed by atoms with E-state index in [2.05, 4.69) is 24.3 Å². The predicted molar refractivity (Wildman–Crippen MR) is 69.8 cm³/mol. The highest BCUT2D eigenvalue weighted by molar-refractivity contribution is 5.33. The van der Waals surface area contributed by atoms with Gasteiger partial charge in [0.1, 0.15) is 5.75 Å². The topological polar surface area (TPSA) is 46.2 Å². The molecule has 0 unspecified atom stereocenters. The van der Waals surface area contributed by atoms with Crippen LogP contribution >= 0.6 is 0 Å². The van der Waals surface area contributed by atoms with E-state index in [4.69, 9.17) is 5.73 Å². The Kier molecular flexibility index (Phi) is 3.78. The van der Waals surface area contributed by atoms with Crippen LogP contribution in [0.15, 0.2) is 48.5 Å². The highest BCUT2D eigenvalue weighted by Crippen LogP contribution is 2.18. The second kappa shape index (κ2) is 5.51. The summed E-state index contributed by atoms with van der Waals surface area (Å²) >= 11 is 0. The van der Waals surface area contributed by atoms with Crippen molar-refractivity contribution < 1.29 is 5.11 Å². The average Bonchev–Trinajstić information content (AvgIpc) is 2.38. The molecule has 0 aliphatic carbocycles. The molecule has 3 N–H and O–H groups in total. The highest BCUT2D eigenvalue weighted by Gasteiger charge is 2.00. The van der Waals surface area contributed by atoms with Crippen LogP contribution in [-0.4, -0.2) is 5.11 Å². The van der Waals surface area contributed by atoms with Crippen LogP contribution in [0.4, 0.5) is 0 Å². The number of nitrogens with two attached hydrogens (primary N) is 1. The Morgan fingerprint density at radius 1 is 0.824 bits per heavy atom. The normalized spacial score (nSPS) is 10.4. The van der Waals surface area contributed by atoms with E-state index in [1.54, 1.807) is 6.07 Å². The zero-order valence-corrected chi connectivity index (χ0v) is 9.76. The molecule has 17 heavy (non-hydrogen) atoms. The van der Waals surface area contributed by atoms with E-state index >= 15 is 0 Å². The van der Waals surface area contributed by atoms with E-state index in [0.29, 0.717) is 12.3 Å². The van der Waals surface area contributed by atoms with E-state index in [9.17, 15) is 5.11 Å². The number of hydrogen-bond acceptors (Lipinski definition) is 2. The molecule has 88 valence electrons. The maximum Gasteiger partial charge on any atom is 0.118 e. The van der Waals surface area contributed by atoms with E-state index in [1.165, 1.54) is 5.56 Å². The number of phenols is 1. The maximum atomic E-state index is 9.65. The molecule has 2 rings (SSSR count). The number of para-hydroxylation sites is 1. The lowest BCUT2D eigenvalue weighted by atomic mass is 10.0. The quantitative estimate of drug-likeness (QED) is 0.843. The highest BCUT2D eigenvalue weighted by atomic mass is 16.3. The van der Waals surface area contributed by atoms with Crippen LogP contribution in [-0.2, 0) is 19.4 Å². The molecule has 2 nitrogen and oxygen atoms in total. The molecule has 0 amide bonds. The molecule has 2 aromatic carbocycles. The number of aryl methyl sites for hydroxylation is 2. The lowest BCUT2D eigenvalue weighted by Crippen LogP contribution is -1.97. The molecule has 2 heteroatoms. The van der Waals surface area contributed by atoms with Gasteiger partial charge < -0.3 is 10.8 Å². The Hall–Kier alpha value is -1.80. The van der Waals surface area contributed by atoms with Crippen molar-refractivity contribution in [2.75, 3.05) is 0 Å². The standard InChI is InChI=1S/C15H17NO/c16-11-13-7-5-12(6-8-13)9-10-14-3-1-2-4-15(14)17/h1-8,17H,9-11,16H2. The van der Waals surface area contributed by atoms with Crippen LogP contribution in [0.25, 0.3) is 0 Å². The minimum atomic E-state index is 0.381. The van der Waals surface area contributed by atoms with Gasteiger partial charge in [0, 0.05) is 6.54 Å². The Labute approximate surface area is 102 Å². The Bertz CT molecular complexity index is 477. The fraction of sp³-hybridized carbons (Fsp3) is 0.200.